The fraction of sp³-hybridized carbons (Fsp3) is 0.688. The molecule has 1 aromatic rings. The van der Waals surface area contributed by atoms with Gasteiger partial charge in [0, 0.05) is 51.2 Å². The average Bonchev–Trinajstić information content (AvgIpc) is 2.52. The van der Waals surface area contributed by atoms with Gasteiger partial charge >= 0.3 is 0 Å². The van der Waals surface area contributed by atoms with Crippen molar-refractivity contribution in [1.82, 2.24) is 20.1 Å². The maximum Gasteiger partial charge on any atom is 0.0487 e. The Morgan fingerprint density at radius 1 is 1.40 bits per heavy atom. The molecule has 2 heterocycles. The van der Waals surface area contributed by atoms with Crippen LogP contribution in [0.15, 0.2) is 24.5 Å². The normalized spacial score (nSPS) is 18.4. The average molecular weight is 276 g/mol. The van der Waals surface area contributed by atoms with Crippen LogP contribution in [0.2, 0.25) is 0 Å². The van der Waals surface area contributed by atoms with Crippen LogP contribution in [0.1, 0.15) is 31.4 Å². The second kappa shape index (κ2) is 8.35. The van der Waals surface area contributed by atoms with Crippen molar-refractivity contribution in [2.24, 2.45) is 0 Å². The minimum Gasteiger partial charge on any atom is -0.314 e. The molecule has 1 saturated heterocycles. The Balaban J connectivity index is 2.02. The van der Waals surface area contributed by atoms with E-state index >= 15 is 0 Å². The number of likely N-dealkylation sites (N-methyl/N-ethyl adjacent to an activating group) is 1. The zero-order chi connectivity index (χ0) is 14.2. The number of unbranched alkanes of at least 4 members (excludes halogenated alkanes) is 1. The van der Waals surface area contributed by atoms with E-state index in [1.807, 2.05) is 18.5 Å². The number of hydrogen-bond acceptors (Lipinski definition) is 4. The van der Waals surface area contributed by atoms with E-state index in [2.05, 4.69) is 40.1 Å². The monoisotopic (exact) mass is 276 g/mol. The summed E-state index contributed by atoms with van der Waals surface area (Å²) in [5, 5.41) is 3.42. The molecule has 20 heavy (non-hydrogen) atoms. The highest BCUT2D eigenvalue weighted by Gasteiger charge is 2.21. The molecule has 1 fully saturated rings. The van der Waals surface area contributed by atoms with Gasteiger partial charge in [-0.05, 0) is 31.6 Å². The van der Waals surface area contributed by atoms with Gasteiger partial charge in [0.1, 0.15) is 0 Å². The number of hydrogen-bond donors (Lipinski definition) is 1. The fourth-order valence-corrected chi connectivity index (χ4v) is 2.77. The Morgan fingerprint density at radius 2 is 2.20 bits per heavy atom. The fourth-order valence-electron chi connectivity index (χ4n) is 2.77. The van der Waals surface area contributed by atoms with Crippen molar-refractivity contribution in [3.05, 3.63) is 30.1 Å². The molecule has 0 aliphatic carbocycles. The van der Waals surface area contributed by atoms with Crippen molar-refractivity contribution in [2.75, 3.05) is 46.3 Å². The van der Waals surface area contributed by atoms with E-state index in [0.717, 1.165) is 39.3 Å². The molecule has 0 bridgehead atoms. The first-order chi connectivity index (χ1) is 9.81. The highest BCUT2D eigenvalue weighted by atomic mass is 15.2. The third kappa shape index (κ3) is 4.54. The summed E-state index contributed by atoms with van der Waals surface area (Å²) in [6, 6.07) is 4.71. The predicted octanol–water partition coefficient (Wildman–Crippen LogP) is 1.76. The summed E-state index contributed by atoms with van der Waals surface area (Å²) in [4.78, 5) is 9.36. The lowest BCUT2D eigenvalue weighted by atomic mass is 10.1. The maximum absolute atomic E-state index is 4.30. The highest BCUT2D eigenvalue weighted by Crippen LogP contribution is 2.20. The summed E-state index contributed by atoms with van der Waals surface area (Å²) < 4.78 is 0. The second-order valence-corrected chi connectivity index (χ2v) is 5.69. The quantitative estimate of drug-likeness (QED) is 0.822. The molecule has 1 N–H and O–H groups in total. The number of nitrogens with one attached hydrogen (secondary N) is 1. The zero-order valence-corrected chi connectivity index (χ0v) is 12.9. The van der Waals surface area contributed by atoms with Crippen LogP contribution in [0.3, 0.4) is 0 Å². The lowest BCUT2D eigenvalue weighted by molar-refractivity contribution is 0.149. The Hall–Kier alpha value is -0.970. The maximum atomic E-state index is 4.30. The van der Waals surface area contributed by atoms with Crippen molar-refractivity contribution in [2.45, 2.75) is 25.8 Å². The molecule has 0 aromatic carbocycles. The lowest BCUT2D eigenvalue weighted by Gasteiger charge is -2.35. The van der Waals surface area contributed by atoms with Gasteiger partial charge in [-0.1, -0.05) is 19.4 Å². The van der Waals surface area contributed by atoms with E-state index in [-0.39, 0.29) is 0 Å². The molecular weight excluding hydrogens is 248 g/mol. The van der Waals surface area contributed by atoms with Gasteiger partial charge in [0.25, 0.3) is 0 Å². The van der Waals surface area contributed by atoms with Gasteiger partial charge in [-0.3, -0.25) is 14.8 Å². The van der Waals surface area contributed by atoms with Crippen molar-refractivity contribution in [3.63, 3.8) is 0 Å². The third-order valence-electron chi connectivity index (χ3n) is 4.11. The van der Waals surface area contributed by atoms with Crippen LogP contribution < -0.4 is 5.32 Å². The summed E-state index contributed by atoms with van der Waals surface area (Å²) in [6.07, 6.45) is 6.39. The van der Waals surface area contributed by atoms with Crippen molar-refractivity contribution >= 4 is 0 Å². The lowest BCUT2D eigenvalue weighted by Crippen LogP contribution is -2.47. The SMILES string of the molecule is CCCCN(C)C(CN1CCNCC1)c1cccnc1. The van der Waals surface area contributed by atoms with Gasteiger partial charge in [0.05, 0.1) is 0 Å². The van der Waals surface area contributed by atoms with Gasteiger partial charge in [0.15, 0.2) is 0 Å². The number of nitrogens with zero attached hydrogens (tertiary/aromatic N) is 3. The summed E-state index contributed by atoms with van der Waals surface area (Å²) >= 11 is 0. The van der Waals surface area contributed by atoms with Crippen LogP contribution in [-0.4, -0.2) is 61.1 Å². The van der Waals surface area contributed by atoms with Crippen LogP contribution >= 0.6 is 0 Å². The van der Waals surface area contributed by atoms with Crippen LogP contribution in [0.4, 0.5) is 0 Å². The number of piperazine rings is 1. The number of rotatable bonds is 7. The minimum absolute atomic E-state index is 0.452. The van der Waals surface area contributed by atoms with E-state index in [4.69, 9.17) is 0 Å². The highest BCUT2D eigenvalue weighted by molar-refractivity contribution is 5.14. The summed E-state index contributed by atoms with van der Waals surface area (Å²) in [7, 11) is 2.25. The van der Waals surface area contributed by atoms with Gasteiger partial charge in [-0.25, -0.2) is 0 Å². The van der Waals surface area contributed by atoms with Gasteiger partial charge in [0.2, 0.25) is 0 Å². The van der Waals surface area contributed by atoms with E-state index < -0.39 is 0 Å². The van der Waals surface area contributed by atoms with Gasteiger partial charge in [-0.2, -0.15) is 0 Å². The van der Waals surface area contributed by atoms with Crippen molar-refractivity contribution in [1.29, 1.82) is 0 Å². The molecule has 1 unspecified atom stereocenters. The molecule has 112 valence electrons. The van der Waals surface area contributed by atoms with Crippen molar-refractivity contribution in [3.8, 4) is 0 Å². The number of aromatic nitrogens is 1. The largest absolute Gasteiger partial charge is 0.314 e. The van der Waals surface area contributed by atoms with Gasteiger partial charge in [-0.15, -0.1) is 0 Å². The first kappa shape index (κ1) is 15.4. The van der Waals surface area contributed by atoms with E-state index in [1.54, 1.807) is 0 Å². The van der Waals surface area contributed by atoms with E-state index in [1.165, 1.54) is 18.4 Å². The first-order valence-electron chi connectivity index (χ1n) is 7.84. The standard InChI is InChI=1S/C16H28N4/c1-3-4-10-19(2)16(15-6-5-7-18-13-15)14-20-11-8-17-9-12-20/h5-7,13,16-17H,3-4,8-12,14H2,1-2H3. The van der Waals surface area contributed by atoms with E-state index in [9.17, 15) is 0 Å². The third-order valence-corrected chi connectivity index (χ3v) is 4.11. The number of pyridine rings is 1. The Bertz CT molecular complexity index is 362. The molecule has 0 saturated carbocycles. The molecule has 4 nitrogen and oxygen atoms in total. The molecule has 0 spiro atoms. The Morgan fingerprint density at radius 3 is 2.85 bits per heavy atom. The van der Waals surface area contributed by atoms with E-state index in [0.29, 0.717) is 6.04 Å². The van der Waals surface area contributed by atoms with Crippen LogP contribution in [0.5, 0.6) is 0 Å². The molecule has 0 amide bonds. The Labute approximate surface area is 123 Å². The first-order valence-corrected chi connectivity index (χ1v) is 7.84. The molecule has 1 atom stereocenters. The summed E-state index contributed by atoms with van der Waals surface area (Å²) in [5.41, 5.74) is 1.34. The summed E-state index contributed by atoms with van der Waals surface area (Å²) in [6.45, 7) is 9.03. The molecule has 1 aliphatic heterocycles. The molecule has 4 heteroatoms. The second-order valence-electron chi connectivity index (χ2n) is 5.69. The molecule has 2 rings (SSSR count). The molecular formula is C16H28N4. The predicted molar refractivity (Wildman–Crippen MR) is 83.8 cm³/mol. The smallest absolute Gasteiger partial charge is 0.0487 e. The van der Waals surface area contributed by atoms with Crippen LogP contribution in [-0.2, 0) is 0 Å². The summed E-state index contributed by atoms with van der Waals surface area (Å²) in [5.74, 6) is 0. The zero-order valence-electron chi connectivity index (χ0n) is 12.9. The van der Waals surface area contributed by atoms with Crippen LogP contribution in [0, 0.1) is 0 Å². The molecule has 1 aliphatic rings. The van der Waals surface area contributed by atoms with Gasteiger partial charge < -0.3 is 5.32 Å². The molecule has 1 aromatic heterocycles. The Kier molecular flexibility index (Phi) is 6.43. The van der Waals surface area contributed by atoms with Crippen LogP contribution in [0.25, 0.3) is 0 Å². The minimum atomic E-state index is 0.452. The molecule has 0 radical (unpaired) electrons. The topological polar surface area (TPSA) is 31.4 Å². The van der Waals surface area contributed by atoms with Crippen molar-refractivity contribution < 1.29 is 0 Å².